The summed E-state index contributed by atoms with van der Waals surface area (Å²) in [6.45, 7) is 0.790. The zero-order chi connectivity index (χ0) is 22.3. The van der Waals surface area contributed by atoms with Crippen molar-refractivity contribution in [1.29, 1.82) is 0 Å². The van der Waals surface area contributed by atoms with Gasteiger partial charge in [-0.05, 0) is 35.7 Å². The van der Waals surface area contributed by atoms with Crippen LogP contribution in [0.1, 0.15) is 16.9 Å². The standard InChI is InChI=1S/C22H23ClN2O4S2/c1-29-21-10-3-2-6-17(21)15-25(16-19-8-5-13-30-19)22(26)11-12-24-31(27,28)20-9-4-7-18(23)14-20/h2-10,13-14,24H,11-12,15-16H2,1H3. The molecule has 0 saturated heterocycles. The summed E-state index contributed by atoms with van der Waals surface area (Å²) in [6, 6.07) is 17.4. The molecule has 0 spiro atoms. The molecule has 6 nitrogen and oxygen atoms in total. The molecule has 0 aliphatic heterocycles. The average Bonchev–Trinajstić information content (AvgIpc) is 3.26. The molecule has 31 heavy (non-hydrogen) atoms. The van der Waals surface area contributed by atoms with Gasteiger partial charge in [0.1, 0.15) is 5.75 Å². The van der Waals surface area contributed by atoms with E-state index >= 15 is 0 Å². The first-order valence-electron chi connectivity index (χ1n) is 9.56. The first kappa shape index (κ1) is 23.3. The van der Waals surface area contributed by atoms with Crippen molar-refractivity contribution in [3.05, 3.63) is 81.5 Å². The third kappa shape index (κ3) is 6.54. The van der Waals surface area contributed by atoms with Gasteiger partial charge in [0, 0.05) is 35.0 Å². The number of nitrogens with one attached hydrogen (secondary N) is 1. The third-order valence-electron chi connectivity index (χ3n) is 4.57. The molecule has 0 bridgehead atoms. The monoisotopic (exact) mass is 478 g/mol. The van der Waals surface area contributed by atoms with Gasteiger partial charge in [-0.15, -0.1) is 11.3 Å². The molecule has 1 aromatic heterocycles. The van der Waals surface area contributed by atoms with E-state index in [4.69, 9.17) is 16.3 Å². The molecule has 1 heterocycles. The summed E-state index contributed by atoms with van der Waals surface area (Å²) in [5, 5.41) is 2.29. The fourth-order valence-electron chi connectivity index (χ4n) is 3.03. The van der Waals surface area contributed by atoms with E-state index in [1.54, 1.807) is 35.5 Å². The Hall–Kier alpha value is -2.39. The maximum atomic E-state index is 13.0. The van der Waals surface area contributed by atoms with E-state index in [0.29, 0.717) is 23.9 Å². The minimum Gasteiger partial charge on any atom is -0.496 e. The van der Waals surface area contributed by atoms with Crippen LogP contribution < -0.4 is 9.46 Å². The van der Waals surface area contributed by atoms with Gasteiger partial charge in [0.15, 0.2) is 0 Å². The number of hydrogen-bond donors (Lipinski definition) is 1. The van der Waals surface area contributed by atoms with E-state index in [2.05, 4.69) is 4.72 Å². The number of nitrogens with zero attached hydrogens (tertiary/aromatic N) is 1. The zero-order valence-corrected chi connectivity index (χ0v) is 19.3. The Morgan fingerprint density at radius 2 is 1.90 bits per heavy atom. The van der Waals surface area contributed by atoms with Crippen LogP contribution in [0.4, 0.5) is 0 Å². The number of thiophene rings is 1. The largest absolute Gasteiger partial charge is 0.496 e. The van der Waals surface area contributed by atoms with E-state index in [1.165, 1.54) is 12.1 Å². The van der Waals surface area contributed by atoms with Gasteiger partial charge in [-0.3, -0.25) is 4.79 Å². The summed E-state index contributed by atoms with van der Waals surface area (Å²) >= 11 is 7.45. The fourth-order valence-corrected chi connectivity index (χ4v) is 5.08. The molecule has 0 aliphatic rings. The molecule has 0 aliphatic carbocycles. The second-order valence-corrected chi connectivity index (χ2v) is 9.98. The third-order valence-corrected chi connectivity index (χ3v) is 7.13. The molecule has 1 amide bonds. The Labute approximate surface area is 191 Å². The number of rotatable bonds is 10. The van der Waals surface area contributed by atoms with Crippen LogP contribution >= 0.6 is 22.9 Å². The lowest BCUT2D eigenvalue weighted by molar-refractivity contribution is -0.132. The van der Waals surface area contributed by atoms with Gasteiger partial charge in [0.05, 0.1) is 18.6 Å². The van der Waals surface area contributed by atoms with Crippen LogP contribution in [0.25, 0.3) is 0 Å². The predicted octanol–water partition coefficient (Wildman–Crippen LogP) is 4.31. The van der Waals surface area contributed by atoms with E-state index in [0.717, 1.165) is 10.4 Å². The normalized spacial score (nSPS) is 11.3. The van der Waals surface area contributed by atoms with E-state index in [-0.39, 0.29) is 23.8 Å². The van der Waals surface area contributed by atoms with Crippen LogP contribution in [0, 0.1) is 0 Å². The maximum Gasteiger partial charge on any atom is 0.240 e. The lowest BCUT2D eigenvalue weighted by atomic mass is 10.1. The van der Waals surface area contributed by atoms with Crippen molar-refractivity contribution in [3.63, 3.8) is 0 Å². The molecular formula is C22H23ClN2O4S2. The van der Waals surface area contributed by atoms with Crippen molar-refractivity contribution in [3.8, 4) is 5.75 Å². The SMILES string of the molecule is COc1ccccc1CN(Cc1cccs1)C(=O)CCNS(=O)(=O)c1cccc(Cl)c1. The topological polar surface area (TPSA) is 75.7 Å². The second-order valence-electron chi connectivity index (χ2n) is 6.75. The maximum absolute atomic E-state index is 13.0. The molecule has 164 valence electrons. The minimum absolute atomic E-state index is 0.0133. The molecular weight excluding hydrogens is 456 g/mol. The van der Waals surface area contributed by atoms with Crippen LogP contribution in [-0.2, 0) is 27.9 Å². The Kier molecular flexibility index (Phi) is 8.09. The number of methoxy groups -OCH3 is 1. The Morgan fingerprint density at radius 3 is 2.61 bits per heavy atom. The van der Waals surface area contributed by atoms with Crippen molar-refractivity contribution in [1.82, 2.24) is 9.62 Å². The number of benzene rings is 2. The first-order chi connectivity index (χ1) is 14.9. The Bertz CT molecular complexity index is 1120. The molecule has 0 fully saturated rings. The number of amides is 1. The van der Waals surface area contributed by atoms with Crippen LogP contribution in [0.3, 0.4) is 0 Å². The number of para-hydroxylation sites is 1. The summed E-state index contributed by atoms with van der Waals surface area (Å²) in [5.41, 5.74) is 0.884. The van der Waals surface area contributed by atoms with Crippen LogP contribution in [0.2, 0.25) is 5.02 Å². The highest BCUT2D eigenvalue weighted by atomic mass is 35.5. The summed E-state index contributed by atoms with van der Waals surface area (Å²) in [5.74, 6) is 0.543. The van der Waals surface area contributed by atoms with E-state index in [9.17, 15) is 13.2 Å². The lowest BCUT2D eigenvalue weighted by Gasteiger charge is -2.23. The number of halogens is 1. The van der Waals surface area contributed by atoms with E-state index in [1.807, 2.05) is 41.8 Å². The number of carbonyl (C=O) groups excluding carboxylic acids is 1. The van der Waals surface area contributed by atoms with Gasteiger partial charge in [-0.2, -0.15) is 0 Å². The van der Waals surface area contributed by atoms with Crippen molar-refractivity contribution < 1.29 is 17.9 Å². The van der Waals surface area contributed by atoms with E-state index < -0.39 is 10.0 Å². The predicted molar refractivity (Wildman–Crippen MR) is 123 cm³/mol. The van der Waals surface area contributed by atoms with Crippen LogP contribution in [0.5, 0.6) is 5.75 Å². The smallest absolute Gasteiger partial charge is 0.240 e. The summed E-state index contributed by atoms with van der Waals surface area (Å²) in [7, 11) is -2.15. The molecule has 0 atom stereocenters. The molecule has 2 aromatic carbocycles. The molecule has 0 unspecified atom stereocenters. The number of ether oxygens (including phenoxy) is 1. The summed E-state index contributed by atoms with van der Waals surface area (Å²) < 4.78 is 32.8. The molecule has 1 N–H and O–H groups in total. The van der Waals surface area contributed by atoms with Gasteiger partial charge >= 0.3 is 0 Å². The fraction of sp³-hybridized carbons (Fsp3) is 0.227. The highest BCUT2D eigenvalue weighted by Gasteiger charge is 2.19. The lowest BCUT2D eigenvalue weighted by Crippen LogP contribution is -2.34. The van der Waals surface area contributed by atoms with Crippen molar-refractivity contribution in [2.75, 3.05) is 13.7 Å². The van der Waals surface area contributed by atoms with Gasteiger partial charge in [-0.1, -0.05) is 41.9 Å². The van der Waals surface area contributed by atoms with Gasteiger partial charge in [-0.25, -0.2) is 13.1 Å². The van der Waals surface area contributed by atoms with Crippen molar-refractivity contribution >= 4 is 38.9 Å². The van der Waals surface area contributed by atoms with Crippen molar-refractivity contribution in [2.45, 2.75) is 24.4 Å². The van der Waals surface area contributed by atoms with Gasteiger partial charge in [0.2, 0.25) is 15.9 Å². The highest BCUT2D eigenvalue weighted by molar-refractivity contribution is 7.89. The molecule has 3 rings (SSSR count). The molecule has 3 aromatic rings. The quantitative estimate of drug-likeness (QED) is 0.471. The molecule has 0 saturated carbocycles. The average molecular weight is 479 g/mol. The molecule has 9 heteroatoms. The Morgan fingerprint density at radius 1 is 1.10 bits per heavy atom. The Balaban J connectivity index is 1.68. The number of hydrogen-bond acceptors (Lipinski definition) is 5. The zero-order valence-electron chi connectivity index (χ0n) is 17.0. The number of carbonyl (C=O) groups is 1. The first-order valence-corrected chi connectivity index (χ1v) is 12.3. The van der Waals surface area contributed by atoms with Crippen LogP contribution in [0.15, 0.2) is 70.9 Å². The number of sulfonamides is 1. The highest BCUT2D eigenvalue weighted by Crippen LogP contribution is 2.22. The summed E-state index contributed by atoms with van der Waals surface area (Å²) in [6.07, 6.45) is 0.0281. The second kappa shape index (κ2) is 10.8. The molecule has 0 radical (unpaired) electrons. The minimum atomic E-state index is -3.75. The summed E-state index contributed by atoms with van der Waals surface area (Å²) in [4.78, 5) is 15.8. The van der Waals surface area contributed by atoms with Gasteiger partial charge < -0.3 is 9.64 Å². The van der Waals surface area contributed by atoms with Gasteiger partial charge in [0.25, 0.3) is 0 Å². The van der Waals surface area contributed by atoms with Crippen LogP contribution in [-0.4, -0.2) is 32.9 Å². The van der Waals surface area contributed by atoms with Crippen molar-refractivity contribution in [2.24, 2.45) is 0 Å².